The van der Waals surface area contributed by atoms with Crippen molar-refractivity contribution < 1.29 is 9.53 Å². The first-order chi connectivity index (χ1) is 11.1. The van der Waals surface area contributed by atoms with Crippen LogP contribution >= 0.6 is 22.7 Å². The van der Waals surface area contributed by atoms with Crippen molar-refractivity contribution in [2.75, 3.05) is 13.7 Å². The first-order valence-corrected chi connectivity index (χ1v) is 8.84. The van der Waals surface area contributed by atoms with Crippen molar-refractivity contribution in [3.63, 3.8) is 0 Å². The third-order valence-electron chi connectivity index (χ3n) is 3.40. The number of aryl methyl sites for hydroxylation is 2. The molecule has 0 saturated carbocycles. The van der Waals surface area contributed by atoms with Crippen molar-refractivity contribution in [1.82, 2.24) is 9.55 Å². The Balaban J connectivity index is 2.10. The molecule has 7 heteroatoms. The van der Waals surface area contributed by atoms with E-state index in [4.69, 9.17) is 4.74 Å². The summed E-state index contributed by atoms with van der Waals surface area (Å²) in [5.41, 5.74) is 1.81. The Hall–Kier alpha value is -1.83. The molecule has 0 spiro atoms. The van der Waals surface area contributed by atoms with Crippen LogP contribution in [0.3, 0.4) is 0 Å². The SMILES string of the molecule is COCCn1c(=NC(=O)c2sc(C)nc2C)sc2ccccc21. The fraction of sp³-hybridized carbons (Fsp3) is 0.312. The van der Waals surface area contributed by atoms with Crippen LogP contribution in [0.25, 0.3) is 10.2 Å². The van der Waals surface area contributed by atoms with E-state index in [1.807, 2.05) is 42.7 Å². The van der Waals surface area contributed by atoms with Crippen molar-refractivity contribution in [3.8, 4) is 0 Å². The van der Waals surface area contributed by atoms with Crippen LogP contribution in [0, 0.1) is 13.8 Å². The number of fused-ring (bicyclic) bond motifs is 1. The summed E-state index contributed by atoms with van der Waals surface area (Å²) in [6.07, 6.45) is 0. The van der Waals surface area contributed by atoms with Gasteiger partial charge in [0.15, 0.2) is 4.80 Å². The van der Waals surface area contributed by atoms with Crippen LogP contribution in [0.2, 0.25) is 0 Å². The van der Waals surface area contributed by atoms with Crippen molar-refractivity contribution >= 4 is 38.8 Å². The number of thiazole rings is 2. The third-order valence-corrected chi connectivity index (χ3v) is 5.52. The highest BCUT2D eigenvalue weighted by atomic mass is 32.1. The van der Waals surface area contributed by atoms with E-state index in [1.165, 1.54) is 22.7 Å². The Morgan fingerprint density at radius 3 is 2.78 bits per heavy atom. The van der Waals surface area contributed by atoms with Gasteiger partial charge in [0.25, 0.3) is 5.91 Å². The van der Waals surface area contributed by atoms with Gasteiger partial charge >= 0.3 is 0 Å². The van der Waals surface area contributed by atoms with Crippen LogP contribution < -0.4 is 4.80 Å². The lowest BCUT2D eigenvalue weighted by molar-refractivity contribution is 0.100. The van der Waals surface area contributed by atoms with Gasteiger partial charge in [-0.2, -0.15) is 4.99 Å². The molecular weight excluding hydrogens is 330 g/mol. The van der Waals surface area contributed by atoms with Gasteiger partial charge in [0.1, 0.15) is 4.88 Å². The molecule has 0 atom stereocenters. The van der Waals surface area contributed by atoms with E-state index in [1.54, 1.807) is 7.11 Å². The summed E-state index contributed by atoms with van der Waals surface area (Å²) in [6, 6.07) is 8.05. The summed E-state index contributed by atoms with van der Waals surface area (Å²) in [5.74, 6) is -0.231. The van der Waals surface area contributed by atoms with Crippen molar-refractivity contribution in [2.24, 2.45) is 4.99 Å². The molecule has 0 N–H and O–H groups in total. The number of carbonyl (C=O) groups excluding carboxylic acids is 1. The zero-order valence-electron chi connectivity index (χ0n) is 13.2. The Kier molecular flexibility index (Phi) is 4.70. The van der Waals surface area contributed by atoms with Crippen LogP contribution in [0.15, 0.2) is 29.3 Å². The van der Waals surface area contributed by atoms with Gasteiger partial charge in [-0.3, -0.25) is 4.79 Å². The van der Waals surface area contributed by atoms with E-state index >= 15 is 0 Å². The molecule has 3 rings (SSSR count). The second-order valence-corrected chi connectivity index (χ2v) is 7.27. The topological polar surface area (TPSA) is 56.5 Å². The number of nitrogens with zero attached hydrogens (tertiary/aromatic N) is 3. The molecular formula is C16H17N3O2S2. The quantitative estimate of drug-likeness (QED) is 0.728. The Labute approximate surface area is 141 Å². The second-order valence-electron chi connectivity index (χ2n) is 5.06. The summed E-state index contributed by atoms with van der Waals surface area (Å²) >= 11 is 2.90. The second kappa shape index (κ2) is 6.74. The highest BCUT2D eigenvalue weighted by molar-refractivity contribution is 7.16. The van der Waals surface area contributed by atoms with Crippen LogP contribution in [-0.4, -0.2) is 29.2 Å². The summed E-state index contributed by atoms with van der Waals surface area (Å²) in [5, 5.41) is 0.879. The maximum absolute atomic E-state index is 12.5. The fourth-order valence-corrected chi connectivity index (χ4v) is 4.23. The van der Waals surface area contributed by atoms with Crippen LogP contribution in [0.1, 0.15) is 20.4 Å². The fourth-order valence-electron chi connectivity index (χ4n) is 2.37. The lowest BCUT2D eigenvalue weighted by atomic mass is 10.3. The number of amides is 1. The minimum absolute atomic E-state index is 0.231. The van der Waals surface area contributed by atoms with Gasteiger partial charge in [0.2, 0.25) is 0 Å². The molecule has 0 unspecified atom stereocenters. The number of rotatable bonds is 4. The highest BCUT2D eigenvalue weighted by Crippen LogP contribution is 2.19. The smallest absolute Gasteiger partial charge is 0.291 e. The maximum atomic E-state index is 12.5. The molecule has 0 aliphatic rings. The molecule has 0 aliphatic heterocycles. The standard InChI is InChI=1S/C16H17N3O2S2/c1-10-14(22-11(2)17-10)15(20)18-16-19(8-9-21-3)12-6-4-5-7-13(12)23-16/h4-7H,8-9H2,1-3H3. The van der Waals surface area contributed by atoms with Crippen molar-refractivity contribution in [2.45, 2.75) is 20.4 Å². The van der Waals surface area contributed by atoms with Crippen LogP contribution in [0.4, 0.5) is 0 Å². The molecule has 1 amide bonds. The molecule has 2 aromatic heterocycles. The van der Waals surface area contributed by atoms with Crippen molar-refractivity contribution in [1.29, 1.82) is 0 Å². The Morgan fingerprint density at radius 2 is 2.09 bits per heavy atom. The lowest BCUT2D eigenvalue weighted by Gasteiger charge is -2.03. The van der Waals surface area contributed by atoms with Crippen molar-refractivity contribution in [3.05, 3.63) is 44.6 Å². The summed E-state index contributed by atoms with van der Waals surface area (Å²) < 4.78 is 8.32. The summed E-state index contributed by atoms with van der Waals surface area (Å²) in [6.45, 7) is 4.97. The van der Waals surface area contributed by atoms with E-state index in [2.05, 4.69) is 9.98 Å². The number of benzene rings is 1. The van der Waals surface area contributed by atoms with E-state index in [-0.39, 0.29) is 5.91 Å². The van der Waals surface area contributed by atoms with Gasteiger partial charge in [0, 0.05) is 13.7 Å². The van der Waals surface area contributed by atoms with Gasteiger partial charge in [-0.25, -0.2) is 4.98 Å². The number of hydrogen-bond donors (Lipinski definition) is 0. The van der Waals surface area contributed by atoms with E-state index in [0.717, 1.165) is 20.9 Å². The Bertz CT molecular complexity index is 921. The monoisotopic (exact) mass is 347 g/mol. The number of hydrogen-bond acceptors (Lipinski definition) is 5. The first-order valence-electron chi connectivity index (χ1n) is 7.20. The number of aromatic nitrogens is 2. The van der Waals surface area contributed by atoms with Crippen LogP contribution in [-0.2, 0) is 11.3 Å². The van der Waals surface area contributed by atoms with Gasteiger partial charge in [-0.15, -0.1) is 11.3 Å². The average Bonchev–Trinajstić information content (AvgIpc) is 3.04. The summed E-state index contributed by atoms with van der Waals surface area (Å²) in [4.78, 5) is 22.5. The molecule has 0 radical (unpaired) electrons. The molecule has 3 aromatic rings. The molecule has 0 aliphatic carbocycles. The van der Waals surface area contributed by atoms with E-state index in [0.29, 0.717) is 22.8 Å². The summed E-state index contributed by atoms with van der Waals surface area (Å²) in [7, 11) is 1.67. The normalized spacial score (nSPS) is 12.2. The molecule has 2 heterocycles. The molecule has 23 heavy (non-hydrogen) atoms. The molecule has 1 aromatic carbocycles. The average molecular weight is 347 g/mol. The van der Waals surface area contributed by atoms with E-state index in [9.17, 15) is 4.79 Å². The minimum atomic E-state index is -0.231. The molecule has 0 fully saturated rings. The molecule has 5 nitrogen and oxygen atoms in total. The highest BCUT2D eigenvalue weighted by Gasteiger charge is 2.14. The Morgan fingerprint density at radius 1 is 1.30 bits per heavy atom. The van der Waals surface area contributed by atoms with E-state index < -0.39 is 0 Å². The molecule has 120 valence electrons. The largest absolute Gasteiger partial charge is 0.383 e. The number of ether oxygens (including phenoxy) is 1. The third kappa shape index (κ3) is 3.26. The van der Waals surface area contributed by atoms with Gasteiger partial charge in [-0.1, -0.05) is 23.5 Å². The molecule has 0 bridgehead atoms. The predicted octanol–water partition coefficient (Wildman–Crippen LogP) is 3.16. The van der Waals surface area contributed by atoms with Gasteiger partial charge < -0.3 is 9.30 Å². The number of methoxy groups -OCH3 is 1. The first kappa shape index (κ1) is 16.0. The zero-order chi connectivity index (χ0) is 16.4. The van der Waals surface area contributed by atoms with Gasteiger partial charge in [-0.05, 0) is 26.0 Å². The lowest BCUT2D eigenvalue weighted by Crippen LogP contribution is -2.19. The number of para-hydroxylation sites is 1. The molecule has 0 saturated heterocycles. The minimum Gasteiger partial charge on any atom is -0.383 e. The van der Waals surface area contributed by atoms with Gasteiger partial charge in [0.05, 0.1) is 27.5 Å². The number of carbonyl (C=O) groups is 1. The maximum Gasteiger partial charge on any atom is 0.291 e. The van der Waals surface area contributed by atoms with Crippen LogP contribution in [0.5, 0.6) is 0 Å². The zero-order valence-corrected chi connectivity index (χ0v) is 14.8. The predicted molar refractivity (Wildman–Crippen MR) is 93.2 cm³/mol.